The van der Waals surface area contributed by atoms with Crippen molar-refractivity contribution < 1.29 is 31.4 Å². The SMILES string of the molecule is CN=C(NCc1ccccc1OC(F)F)NCc1cccnc1OCC(F)(F)F.I. The zero-order valence-electron chi connectivity index (χ0n) is 15.7. The number of guanidine groups is 1. The fourth-order valence-corrected chi connectivity index (χ4v) is 2.28. The van der Waals surface area contributed by atoms with E-state index in [9.17, 15) is 22.0 Å². The Hall–Kier alpha value is -2.38. The maximum absolute atomic E-state index is 12.5. The van der Waals surface area contributed by atoms with E-state index in [1.165, 1.54) is 19.3 Å². The Bertz CT molecular complexity index is 821. The third-order valence-electron chi connectivity index (χ3n) is 3.53. The van der Waals surface area contributed by atoms with Crippen LogP contribution in [-0.4, -0.2) is 37.4 Å². The Morgan fingerprint density at radius 1 is 1.07 bits per heavy atom. The molecule has 2 N–H and O–H groups in total. The Morgan fingerprint density at radius 3 is 2.33 bits per heavy atom. The molecule has 12 heteroatoms. The van der Waals surface area contributed by atoms with Gasteiger partial charge in [-0.1, -0.05) is 24.3 Å². The number of halogens is 6. The molecule has 2 rings (SSSR count). The van der Waals surface area contributed by atoms with Gasteiger partial charge in [0.25, 0.3) is 0 Å². The van der Waals surface area contributed by atoms with Gasteiger partial charge in [0.15, 0.2) is 12.6 Å². The number of para-hydroxylation sites is 1. The van der Waals surface area contributed by atoms with Crippen LogP contribution in [0.1, 0.15) is 11.1 Å². The Labute approximate surface area is 186 Å². The number of nitrogens with zero attached hydrogens (tertiary/aromatic N) is 2. The average molecular weight is 546 g/mol. The fraction of sp³-hybridized carbons (Fsp3) is 0.333. The monoisotopic (exact) mass is 546 g/mol. The predicted octanol–water partition coefficient (Wildman–Crippen LogP) is 4.11. The van der Waals surface area contributed by atoms with Crippen LogP contribution in [0.15, 0.2) is 47.6 Å². The molecule has 1 aromatic carbocycles. The zero-order valence-corrected chi connectivity index (χ0v) is 18.1. The maximum atomic E-state index is 12.5. The van der Waals surface area contributed by atoms with E-state index >= 15 is 0 Å². The number of alkyl halides is 5. The molecular weight excluding hydrogens is 526 g/mol. The number of nitrogens with one attached hydrogen (secondary N) is 2. The molecule has 0 saturated carbocycles. The lowest BCUT2D eigenvalue weighted by atomic mass is 10.2. The normalized spacial score (nSPS) is 11.6. The van der Waals surface area contributed by atoms with Crippen LogP contribution in [0, 0.1) is 0 Å². The highest BCUT2D eigenvalue weighted by Crippen LogP contribution is 2.21. The summed E-state index contributed by atoms with van der Waals surface area (Å²) in [5.74, 6) is 0.173. The summed E-state index contributed by atoms with van der Waals surface area (Å²) in [5.41, 5.74) is 0.868. The van der Waals surface area contributed by atoms with E-state index in [1.54, 1.807) is 30.3 Å². The van der Waals surface area contributed by atoms with Crippen LogP contribution in [-0.2, 0) is 13.1 Å². The van der Waals surface area contributed by atoms with E-state index < -0.39 is 19.4 Å². The number of rotatable bonds is 8. The molecule has 0 amide bonds. The summed E-state index contributed by atoms with van der Waals surface area (Å²) in [6, 6.07) is 9.39. The lowest BCUT2D eigenvalue weighted by molar-refractivity contribution is -0.154. The first-order valence-electron chi connectivity index (χ1n) is 8.39. The van der Waals surface area contributed by atoms with E-state index in [2.05, 4.69) is 25.3 Å². The first-order valence-corrected chi connectivity index (χ1v) is 8.39. The minimum Gasteiger partial charge on any atom is -0.468 e. The highest BCUT2D eigenvalue weighted by atomic mass is 127. The van der Waals surface area contributed by atoms with Gasteiger partial charge in [0.1, 0.15) is 5.75 Å². The van der Waals surface area contributed by atoms with Crippen molar-refractivity contribution in [2.24, 2.45) is 4.99 Å². The Balaban J connectivity index is 0.00000450. The third-order valence-corrected chi connectivity index (χ3v) is 3.53. The fourth-order valence-electron chi connectivity index (χ4n) is 2.28. The van der Waals surface area contributed by atoms with Gasteiger partial charge in [0, 0.05) is 37.5 Å². The number of ether oxygens (including phenoxy) is 2. The molecule has 1 heterocycles. The van der Waals surface area contributed by atoms with Crippen molar-refractivity contribution in [3.05, 3.63) is 53.7 Å². The van der Waals surface area contributed by atoms with Crippen LogP contribution in [0.4, 0.5) is 22.0 Å². The first kappa shape index (κ1) is 25.7. The van der Waals surface area contributed by atoms with Gasteiger partial charge >= 0.3 is 12.8 Å². The van der Waals surface area contributed by atoms with E-state index in [-0.39, 0.29) is 48.7 Å². The molecule has 0 aliphatic carbocycles. The molecule has 30 heavy (non-hydrogen) atoms. The van der Waals surface area contributed by atoms with Crippen LogP contribution in [0.2, 0.25) is 0 Å². The lowest BCUT2D eigenvalue weighted by Gasteiger charge is -2.16. The predicted molar refractivity (Wildman–Crippen MR) is 111 cm³/mol. The zero-order chi connectivity index (χ0) is 21.3. The number of aromatic nitrogens is 1. The van der Waals surface area contributed by atoms with E-state index in [0.717, 1.165) is 0 Å². The third kappa shape index (κ3) is 8.97. The molecule has 0 fully saturated rings. The Morgan fingerprint density at radius 2 is 1.70 bits per heavy atom. The van der Waals surface area contributed by atoms with Crippen molar-refractivity contribution in [3.63, 3.8) is 0 Å². The average Bonchev–Trinajstić information content (AvgIpc) is 2.67. The molecule has 0 radical (unpaired) electrons. The smallest absolute Gasteiger partial charge is 0.422 e. The minimum absolute atomic E-state index is 0. The summed E-state index contributed by atoms with van der Waals surface area (Å²) in [6.45, 7) is -4.19. The van der Waals surface area contributed by atoms with Crippen molar-refractivity contribution in [3.8, 4) is 11.6 Å². The molecule has 1 aromatic heterocycles. The molecule has 0 spiro atoms. The summed E-state index contributed by atoms with van der Waals surface area (Å²) < 4.78 is 71.2. The molecule has 0 aliphatic rings. The van der Waals surface area contributed by atoms with Crippen LogP contribution in [0.25, 0.3) is 0 Å². The largest absolute Gasteiger partial charge is 0.468 e. The highest BCUT2D eigenvalue weighted by Gasteiger charge is 2.29. The van der Waals surface area contributed by atoms with Crippen molar-refractivity contribution in [2.75, 3.05) is 13.7 Å². The summed E-state index contributed by atoms with van der Waals surface area (Å²) in [4.78, 5) is 7.80. The number of hydrogen-bond acceptors (Lipinski definition) is 4. The summed E-state index contributed by atoms with van der Waals surface area (Å²) in [7, 11) is 1.49. The second kappa shape index (κ2) is 12.3. The van der Waals surface area contributed by atoms with Gasteiger partial charge < -0.3 is 20.1 Å². The van der Waals surface area contributed by atoms with Crippen LogP contribution in [0.3, 0.4) is 0 Å². The second-order valence-electron chi connectivity index (χ2n) is 5.64. The standard InChI is InChI=1S/C18H19F5N4O2.HI/c1-24-17(26-9-12-5-2-3-7-14(12)29-16(19)20)27-10-13-6-4-8-25-15(13)28-11-18(21,22)23;/h2-8,16H,9-11H2,1H3,(H2,24,26,27);1H. The molecule has 0 saturated heterocycles. The van der Waals surface area contributed by atoms with Gasteiger partial charge in [-0.25, -0.2) is 4.98 Å². The quantitative estimate of drug-likeness (QED) is 0.226. The highest BCUT2D eigenvalue weighted by molar-refractivity contribution is 14.0. The molecule has 0 aliphatic heterocycles. The number of pyridine rings is 1. The molecular formula is C18H20F5IN4O2. The second-order valence-corrected chi connectivity index (χ2v) is 5.64. The number of aliphatic imine (C=N–C) groups is 1. The van der Waals surface area contributed by atoms with Crippen molar-refractivity contribution in [1.82, 2.24) is 15.6 Å². The van der Waals surface area contributed by atoms with Gasteiger partial charge in [-0.05, 0) is 12.1 Å². The van der Waals surface area contributed by atoms with Gasteiger partial charge in [-0.3, -0.25) is 4.99 Å². The molecule has 2 aromatic rings. The molecule has 166 valence electrons. The van der Waals surface area contributed by atoms with Crippen molar-refractivity contribution >= 4 is 29.9 Å². The van der Waals surface area contributed by atoms with Crippen LogP contribution >= 0.6 is 24.0 Å². The van der Waals surface area contributed by atoms with Gasteiger partial charge in [-0.15, -0.1) is 24.0 Å². The van der Waals surface area contributed by atoms with Crippen LogP contribution < -0.4 is 20.1 Å². The van der Waals surface area contributed by atoms with E-state index in [0.29, 0.717) is 17.1 Å². The topological polar surface area (TPSA) is 67.8 Å². The minimum atomic E-state index is -4.48. The van der Waals surface area contributed by atoms with Crippen molar-refractivity contribution in [2.45, 2.75) is 25.9 Å². The van der Waals surface area contributed by atoms with Crippen molar-refractivity contribution in [1.29, 1.82) is 0 Å². The molecule has 0 bridgehead atoms. The number of hydrogen-bond donors (Lipinski definition) is 2. The molecule has 6 nitrogen and oxygen atoms in total. The van der Waals surface area contributed by atoms with Crippen LogP contribution in [0.5, 0.6) is 11.6 Å². The van der Waals surface area contributed by atoms with Gasteiger partial charge in [0.2, 0.25) is 5.88 Å². The molecule has 0 unspecified atom stereocenters. The molecule has 0 atom stereocenters. The summed E-state index contributed by atoms with van der Waals surface area (Å²) in [6.07, 6.45) is -3.16. The van der Waals surface area contributed by atoms with Gasteiger partial charge in [-0.2, -0.15) is 22.0 Å². The number of benzene rings is 1. The maximum Gasteiger partial charge on any atom is 0.422 e. The first-order chi connectivity index (χ1) is 13.8. The summed E-state index contributed by atoms with van der Waals surface area (Å²) in [5, 5.41) is 5.82. The Kier molecular flexibility index (Phi) is 10.6. The van der Waals surface area contributed by atoms with E-state index in [4.69, 9.17) is 4.74 Å². The van der Waals surface area contributed by atoms with E-state index in [1.807, 2.05) is 0 Å². The lowest BCUT2D eigenvalue weighted by Crippen LogP contribution is -2.36. The summed E-state index contributed by atoms with van der Waals surface area (Å²) >= 11 is 0. The van der Waals surface area contributed by atoms with Gasteiger partial charge in [0.05, 0.1) is 0 Å².